The molecule has 120 valence electrons. The number of rotatable bonds is 3. The minimum absolute atomic E-state index is 0.313. The molecule has 2 fully saturated rings. The summed E-state index contributed by atoms with van der Waals surface area (Å²) in [5, 5.41) is 6.75. The van der Waals surface area contributed by atoms with E-state index in [1.165, 1.54) is 25.2 Å². The number of nitrogens with one attached hydrogen (secondary N) is 1. The smallest absolute Gasteiger partial charge is 0.231 e. The van der Waals surface area contributed by atoms with Crippen LogP contribution in [0.15, 0.2) is 23.6 Å². The van der Waals surface area contributed by atoms with Crippen LogP contribution in [-0.4, -0.2) is 42.4 Å². The zero-order valence-corrected chi connectivity index (χ0v) is 13.6. The summed E-state index contributed by atoms with van der Waals surface area (Å²) in [6.07, 6.45) is 1.32. The van der Waals surface area contributed by atoms with Gasteiger partial charge < -0.3 is 14.8 Å². The van der Waals surface area contributed by atoms with Crippen molar-refractivity contribution >= 4 is 11.3 Å². The summed E-state index contributed by atoms with van der Waals surface area (Å²) >= 11 is 1.71. The molecule has 0 unspecified atom stereocenters. The van der Waals surface area contributed by atoms with Crippen LogP contribution in [0, 0.1) is 5.92 Å². The Labute approximate surface area is 139 Å². The van der Waals surface area contributed by atoms with Crippen LogP contribution in [0.4, 0.5) is 0 Å². The van der Waals surface area contributed by atoms with Gasteiger partial charge in [0, 0.05) is 30.1 Å². The molecule has 1 N–H and O–H groups in total. The highest BCUT2D eigenvalue weighted by Gasteiger charge is 2.37. The van der Waals surface area contributed by atoms with Gasteiger partial charge in [-0.2, -0.15) is 0 Å². The van der Waals surface area contributed by atoms with E-state index in [0.29, 0.717) is 12.8 Å². The molecule has 1 aromatic heterocycles. The summed E-state index contributed by atoms with van der Waals surface area (Å²) < 4.78 is 10.8. The number of likely N-dealkylation sites (tertiary alicyclic amines) is 1. The van der Waals surface area contributed by atoms with Crippen molar-refractivity contribution < 1.29 is 9.47 Å². The molecule has 0 spiro atoms. The lowest BCUT2D eigenvalue weighted by Crippen LogP contribution is -2.33. The van der Waals surface area contributed by atoms with Crippen LogP contribution in [0.2, 0.25) is 0 Å². The topological polar surface area (TPSA) is 46.6 Å². The first-order valence-electron chi connectivity index (χ1n) is 8.16. The van der Waals surface area contributed by atoms with Gasteiger partial charge in [-0.3, -0.25) is 4.90 Å². The zero-order chi connectivity index (χ0) is 15.2. The predicted octanol–water partition coefficient (Wildman–Crippen LogP) is 2.33. The van der Waals surface area contributed by atoms with Crippen molar-refractivity contribution in [2.75, 3.05) is 26.4 Å². The Bertz CT molecular complexity index is 732. The number of hydrogen-bond donors (Lipinski definition) is 1. The monoisotopic (exact) mass is 329 g/mol. The lowest BCUT2D eigenvalue weighted by atomic mass is 10.1. The highest BCUT2D eigenvalue weighted by atomic mass is 32.1. The molecular formula is C17H19N3O2S. The van der Waals surface area contributed by atoms with Crippen LogP contribution < -0.4 is 14.8 Å². The Morgan fingerprint density at radius 3 is 3.22 bits per heavy atom. The molecule has 6 heteroatoms. The summed E-state index contributed by atoms with van der Waals surface area (Å²) in [4.78, 5) is 7.43. The molecule has 23 heavy (non-hydrogen) atoms. The van der Waals surface area contributed by atoms with E-state index in [1.54, 1.807) is 11.3 Å². The number of aromatic nitrogens is 1. The third-order valence-electron chi connectivity index (χ3n) is 5.10. The first-order valence-corrected chi connectivity index (χ1v) is 9.04. The number of fused-ring (bicyclic) bond motifs is 2. The van der Waals surface area contributed by atoms with Crippen molar-refractivity contribution in [1.29, 1.82) is 0 Å². The molecule has 2 aromatic rings. The molecule has 3 aliphatic heterocycles. The molecule has 1 aromatic carbocycles. The number of thiazole rings is 1. The molecular weight excluding hydrogens is 310 g/mol. The van der Waals surface area contributed by atoms with Gasteiger partial charge >= 0.3 is 0 Å². The van der Waals surface area contributed by atoms with E-state index in [4.69, 9.17) is 14.5 Å². The molecule has 2 saturated heterocycles. The maximum atomic E-state index is 5.46. The second-order valence-electron chi connectivity index (χ2n) is 6.46. The van der Waals surface area contributed by atoms with Crippen LogP contribution in [0.1, 0.15) is 12.1 Å². The molecule has 2 atom stereocenters. The maximum Gasteiger partial charge on any atom is 0.231 e. The van der Waals surface area contributed by atoms with Crippen LogP contribution in [0.25, 0.3) is 10.6 Å². The second-order valence-corrected chi connectivity index (χ2v) is 7.31. The Morgan fingerprint density at radius 2 is 2.22 bits per heavy atom. The standard InChI is InChI=1S/C17H19N3O2S/c1-2-15-16(22-10-21-15)5-11(1)17-19-13(9-23-17)8-20-4-3-12-6-18-7-14(12)20/h1-2,5,9,12,14,18H,3-4,6-8,10H2/t12-,14+/m1/s1. The summed E-state index contributed by atoms with van der Waals surface area (Å²) in [5.74, 6) is 2.48. The molecule has 0 amide bonds. The van der Waals surface area contributed by atoms with Gasteiger partial charge in [-0.25, -0.2) is 4.98 Å². The van der Waals surface area contributed by atoms with Gasteiger partial charge in [0.1, 0.15) is 5.01 Å². The van der Waals surface area contributed by atoms with Gasteiger partial charge in [-0.1, -0.05) is 0 Å². The molecule has 4 heterocycles. The minimum atomic E-state index is 0.313. The first-order chi connectivity index (χ1) is 11.4. The molecule has 5 nitrogen and oxygen atoms in total. The molecule has 0 bridgehead atoms. The van der Waals surface area contributed by atoms with Crippen molar-refractivity contribution in [3.63, 3.8) is 0 Å². The average Bonchev–Trinajstić information content (AvgIpc) is 3.33. The van der Waals surface area contributed by atoms with Crippen molar-refractivity contribution in [2.24, 2.45) is 5.92 Å². The third kappa shape index (κ3) is 2.41. The van der Waals surface area contributed by atoms with Crippen molar-refractivity contribution in [3.05, 3.63) is 29.3 Å². The molecule has 0 radical (unpaired) electrons. The number of hydrogen-bond acceptors (Lipinski definition) is 6. The van der Waals surface area contributed by atoms with E-state index in [9.17, 15) is 0 Å². The van der Waals surface area contributed by atoms with Gasteiger partial charge in [0.05, 0.1) is 5.69 Å². The van der Waals surface area contributed by atoms with E-state index < -0.39 is 0 Å². The van der Waals surface area contributed by atoms with Gasteiger partial charge in [0.25, 0.3) is 0 Å². The van der Waals surface area contributed by atoms with Crippen LogP contribution in [0.5, 0.6) is 11.5 Å². The van der Waals surface area contributed by atoms with Gasteiger partial charge in [-0.15, -0.1) is 11.3 Å². The van der Waals surface area contributed by atoms with Crippen LogP contribution in [0.3, 0.4) is 0 Å². The molecule has 5 rings (SSSR count). The van der Waals surface area contributed by atoms with E-state index in [1.807, 2.05) is 12.1 Å². The van der Waals surface area contributed by atoms with Crippen LogP contribution >= 0.6 is 11.3 Å². The maximum absolute atomic E-state index is 5.46. The normalized spacial score (nSPS) is 25.9. The van der Waals surface area contributed by atoms with Crippen LogP contribution in [-0.2, 0) is 6.54 Å². The summed E-state index contributed by atoms with van der Waals surface area (Å²) in [5.41, 5.74) is 2.28. The largest absolute Gasteiger partial charge is 0.454 e. The number of benzene rings is 1. The quantitative estimate of drug-likeness (QED) is 0.936. The number of ether oxygens (including phenoxy) is 2. The molecule has 3 aliphatic rings. The predicted molar refractivity (Wildman–Crippen MR) is 88.8 cm³/mol. The van der Waals surface area contributed by atoms with Gasteiger partial charge in [-0.05, 0) is 43.6 Å². The Balaban J connectivity index is 1.34. The second kappa shape index (κ2) is 5.47. The Hall–Kier alpha value is -1.63. The third-order valence-corrected chi connectivity index (χ3v) is 6.04. The highest BCUT2D eigenvalue weighted by Crippen LogP contribution is 2.37. The summed E-state index contributed by atoms with van der Waals surface area (Å²) in [6.45, 7) is 4.79. The fraction of sp³-hybridized carbons (Fsp3) is 0.471. The SMILES string of the molecule is c1cc2c(cc1-c1nc(CN3CC[C@@H]4CNC[C@@H]43)cs1)OCO2. The van der Waals surface area contributed by atoms with Crippen molar-refractivity contribution in [3.8, 4) is 22.1 Å². The van der Waals surface area contributed by atoms with E-state index in [-0.39, 0.29) is 0 Å². The Kier molecular flexibility index (Phi) is 3.28. The fourth-order valence-electron chi connectivity index (χ4n) is 3.88. The van der Waals surface area contributed by atoms with Gasteiger partial charge in [0.15, 0.2) is 11.5 Å². The average molecular weight is 329 g/mol. The number of nitrogens with zero attached hydrogens (tertiary/aromatic N) is 2. The van der Waals surface area contributed by atoms with E-state index in [0.717, 1.165) is 41.1 Å². The van der Waals surface area contributed by atoms with Gasteiger partial charge in [0.2, 0.25) is 6.79 Å². The van der Waals surface area contributed by atoms with Crippen molar-refractivity contribution in [1.82, 2.24) is 15.2 Å². The Morgan fingerprint density at radius 1 is 1.26 bits per heavy atom. The fourth-order valence-corrected chi connectivity index (χ4v) is 4.69. The minimum Gasteiger partial charge on any atom is -0.454 e. The first kappa shape index (κ1) is 13.8. The lowest BCUT2D eigenvalue weighted by molar-refractivity contribution is 0.174. The van der Waals surface area contributed by atoms with E-state index in [2.05, 4.69) is 21.7 Å². The zero-order valence-electron chi connectivity index (χ0n) is 12.8. The lowest BCUT2D eigenvalue weighted by Gasteiger charge is -2.21. The molecule has 0 aliphatic carbocycles. The summed E-state index contributed by atoms with van der Waals surface area (Å²) in [7, 11) is 0. The molecule has 0 saturated carbocycles. The highest BCUT2D eigenvalue weighted by molar-refractivity contribution is 7.13. The van der Waals surface area contributed by atoms with E-state index >= 15 is 0 Å². The van der Waals surface area contributed by atoms with Crippen molar-refractivity contribution in [2.45, 2.75) is 19.0 Å². The summed E-state index contributed by atoms with van der Waals surface area (Å²) in [6, 6.07) is 6.75.